The third-order valence-electron chi connectivity index (χ3n) is 10.7. The maximum Gasteiger partial charge on any atom is 0.143 e. The molecule has 2 aromatic heterocycles. The molecule has 0 saturated carbocycles. The number of anilines is 3. The fourth-order valence-corrected chi connectivity index (χ4v) is 8.00. The lowest BCUT2D eigenvalue weighted by Crippen LogP contribution is -2.10. The van der Waals surface area contributed by atoms with Gasteiger partial charge in [-0.3, -0.25) is 0 Å². The van der Waals surface area contributed by atoms with Crippen LogP contribution in [0, 0.1) is 0 Å². The molecule has 0 unspecified atom stereocenters. The third-order valence-corrected chi connectivity index (χ3v) is 10.7. The van der Waals surface area contributed by atoms with Crippen LogP contribution in [0.1, 0.15) is 27.4 Å². The number of aromatic nitrogens is 1. The van der Waals surface area contributed by atoms with Gasteiger partial charge in [0, 0.05) is 49.9 Å². The van der Waals surface area contributed by atoms with Crippen LogP contribution in [0.15, 0.2) is 234 Å². The average Bonchev–Trinajstić information content (AvgIpc) is 3.13. The van der Waals surface area contributed by atoms with Gasteiger partial charge in [0.25, 0.3) is 0 Å². The van der Waals surface area contributed by atoms with Crippen LogP contribution >= 0.6 is 0 Å². The Morgan fingerprint density at radius 3 is 1.77 bits per heavy atom. The van der Waals surface area contributed by atoms with Crippen molar-refractivity contribution in [1.29, 1.82) is 0 Å². The summed E-state index contributed by atoms with van der Waals surface area (Å²) in [7, 11) is 0. The molecule has 0 aliphatic rings. The lowest BCUT2D eigenvalue weighted by atomic mass is 9.97. The minimum absolute atomic E-state index is 0.0658. The highest BCUT2D eigenvalue weighted by Crippen LogP contribution is 2.45. The fraction of sp³-hybridized carbons (Fsp3) is 0. The van der Waals surface area contributed by atoms with E-state index in [9.17, 15) is 11.0 Å². The Bertz CT molecular complexity index is 4650. The molecule has 12 aromatic rings. The van der Waals surface area contributed by atoms with Crippen LogP contribution in [-0.2, 0) is 0 Å². The molecule has 61 heavy (non-hydrogen) atoms. The second-order valence-corrected chi connectivity index (χ2v) is 14.2. The molecule has 3 nitrogen and oxygen atoms in total. The molecule has 3 heteroatoms. The van der Waals surface area contributed by atoms with Crippen LogP contribution in [0.2, 0.25) is 0 Å². The Morgan fingerprint density at radius 1 is 0.393 bits per heavy atom. The van der Waals surface area contributed by atoms with E-state index >= 15 is 0 Å². The van der Waals surface area contributed by atoms with E-state index in [2.05, 4.69) is 4.57 Å². The van der Waals surface area contributed by atoms with Gasteiger partial charge in [0.15, 0.2) is 0 Å². The van der Waals surface area contributed by atoms with Crippen molar-refractivity contribution in [2.75, 3.05) is 4.90 Å². The van der Waals surface area contributed by atoms with Gasteiger partial charge >= 0.3 is 0 Å². The largest absolute Gasteiger partial charge is 0.455 e. The predicted molar refractivity (Wildman–Crippen MR) is 257 cm³/mol. The van der Waals surface area contributed by atoms with E-state index in [1.807, 2.05) is 72.8 Å². The van der Waals surface area contributed by atoms with Crippen LogP contribution in [0.5, 0.6) is 0 Å². The summed E-state index contributed by atoms with van der Waals surface area (Å²) in [6, 6.07) is 16.8. The predicted octanol–water partition coefficient (Wildman–Crippen LogP) is 16.3. The Labute approximate surface area is 381 Å². The van der Waals surface area contributed by atoms with Crippen LogP contribution < -0.4 is 4.90 Å². The first kappa shape index (κ1) is 20.2. The van der Waals surface area contributed by atoms with Gasteiger partial charge in [-0.25, -0.2) is 0 Å². The molecule has 0 bridgehead atoms. The Morgan fingerprint density at radius 2 is 1.02 bits per heavy atom. The van der Waals surface area contributed by atoms with E-state index in [1.54, 1.807) is 36.4 Å². The molecule has 0 spiro atoms. The fourth-order valence-electron chi connectivity index (χ4n) is 8.00. The van der Waals surface area contributed by atoms with Gasteiger partial charge in [0.1, 0.15) is 11.2 Å². The summed E-state index contributed by atoms with van der Waals surface area (Å²) in [5, 5.41) is 1.97. The van der Waals surface area contributed by atoms with Gasteiger partial charge in [-0.05, 0) is 105 Å². The second kappa shape index (κ2) is 14.3. The highest BCUT2D eigenvalue weighted by molar-refractivity contribution is 6.12. The van der Waals surface area contributed by atoms with Gasteiger partial charge in [0.05, 0.1) is 38.4 Å². The van der Waals surface area contributed by atoms with E-state index in [1.165, 1.54) is 0 Å². The number of hydrogen-bond acceptors (Lipinski definition) is 2. The molecule has 10 aromatic carbocycles. The van der Waals surface area contributed by atoms with Crippen LogP contribution in [0.4, 0.5) is 17.1 Å². The number of furan rings is 1. The number of hydrogen-bond donors (Lipinski definition) is 0. The first-order valence-corrected chi connectivity index (χ1v) is 19.2. The summed E-state index contributed by atoms with van der Waals surface area (Å²) in [6.45, 7) is 0. The average molecular weight is 799 g/mol. The van der Waals surface area contributed by atoms with Crippen molar-refractivity contribution in [3.63, 3.8) is 0 Å². The number of rotatable bonds is 7. The highest BCUT2D eigenvalue weighted by atomic mass is 16.3. The zero-order valence-corrected chi connectivity index (χ0v) is 31.7. The lowest BCUT2D eigenvalue weighted by Gasteiger charge is -2.27. The van der Waals surface area contributed by atoms with E-state index < -0.39 is 165 Å². The van der Waals surface area contributed by atoms with Crippen molar-refractivity contribution < 1.29 is 31.8 Å². The topological polar surface area (TPSA) is 21.3 Å². The molecule has 2 heterocycles. The summed E-state index contributed by atoms with van der Waals surface area (Å²) < 4.78 is 190. The number of benzene rings is 10. The van der Waals surface area contributed by atoms with Gasteiger partial charge in [0.2, 0.25) is 0 Å². The summed E-state index contributed by atoms with van der Waals surface area (Å²) in [5.41, 5.74) is 0.259. The molecule has 0 amide bonds. The zero-order chi connectivity index (χ0) is 57.7. The van der Waals surface area contributed by atoms with E-state index in [-0.39, 0.29) is 5.69 Å². The summed E-state index contributed by atoms with van der Waals surface area (Å²) in [4.78, 5) is 1.01. The number of para-hydroxylation sites is 3. The Balaban J connectivity index is 1.20. The van der Waals surface area contributed by atoms with Gasteiger partial charge in [-0.2, -0.15) is 0 Å². The molecule has 0 radical (unpaired) electrons. The maximum atomic E-state index is 9.89. The third kappa shape index (κ3) is 5.90. The lowest BCUT2D eigenvalue weighted by molar-refractivity contribution is 0.670. The first-order chi connectivity index (χ1) is 38.6. The molecule has 0 atom stereocenters. The van der Waals surface area contributed by atoms with E-state index in [0.717, 1.165) is 32.4 Å². The molecule has 0 aliphatic carbocycles. The second-order valence-electron chi connectivity index (χ2n) is 14.2. The Hall–Kier alpha value is -8.14. The molecule has 12 rings (SSSR count). The first-order valence-electron chi connectivity index (χ1n) is 29.2. The van der Waals surface area contributed by atoms with Gasteiger partial charge in [-0.1, -0.05) is 163 Å². The Kier molecular flexibility index (Phi) is 4.74. The molecular weight excluding hydrogens is 741 g/mol. The van der Waals surface area contributed by atoms with Crippen molar-refractivity contribution in [2.24, 2.45) is 0 Å². The highest BCUT2D eigenvalue weighted by Gasteiger charge is 2.21. The SMILES string of the molecule is [2H]c1c([2H])c([2H])c(-c2c([2H])c([2H])c(N(c3cc(-c4cccc(-n5c6ccccc6c6ccccc65)c4)c4oc5ccccc5c4c3)c3c([2H])c([2H])c(-c4c([2H])c([2H])c([2H])c5c([2H])c([2H])c([2H])c([2H])c45)c([2H])c3[2H])c([2H])c2[2H])c([2H])c1[2H]. The minimum Gasteiger partial charge on any atom is -0.455 e. The molecule has 286 valence electrons. The number of fused-ring (bicyclic) bond motifs is 7. The molecule has 0 fully saturated rings. The van der Waals surface area contributed by atoms with E-state index in [0.29, 0.717) is 33.1 Å². The van der Waals surface area contributed by atoms with Gasteiger partial charge < -0.3 is 13.9 Å². The van der Waals surface area contributed by atoms with Crippen molar-refractivity contribution in [3.05, 3.63) is 230 Å². The van der Waals surface area contributed by atoms with Crippen LogP contribution in [0.25, 0.3) is 93.6 Å². The summed E-state index contributed by atoms with van der Waals surface area (Å²) >= 11 is 0. The molecule has 0 aliphatic heterocycles. The standard InChI is InChI=1S/C58H38N2O/c1-2-14-39(15-3-1)40-28-32-44(33-29-40)59(45-34-30-42(31-35-45)49-24-13-17-41-16-4-5-20-48(41)49)47-37-53(58-54(38-47)52-23-8-11-27-57(52)61-58)43-18-12-19-46(36-43)60-55-25-9-6-21-50(55)51-22-7-10-26-56(51)60/h1-38H/i1D,2D,3D,4D,5D,13D,14D,15D,16D,17D,20D,24D,28D,29D,30D,31D,32D,33D,34D,35D. The normalized spacial score (nSPS) is 16.2. The van der Waals surface area contributed by atoms with Crippen molar-refractivity contribution >= 4 is 71.6 Å². The number of nitrogens with zero attached hydrogens (tertiary/aromatic N) is 2. The summed E-state index contributed by atoms with van der Waals surface area (Å²) in [6.07, 6.45) is 0. The van der Waals surface area contributed by atoms with Crippen molar-refractivity contribution in [1.82, 2.24) is 4.57 Å². The molecule has 0 saturated heterocycles. The molecular formula is C58H38N2O. The quantitative estimate of drug-likeness (QED) is 0.160. The summed E-state index contributed by atoms with van der Waals surface area (Å²) in [5.74, 6) is 0. The van der Waals surface area contributed by atoms with Crippen molar-refractivity contribution in [2.45, 2.75) is 0 Å². The molecule has 0 N–H and O–H groups in total. The smallest absolute Gasteiger partial charge is 0.143 e. The zero-order valence-electron chi connectivity index (χ0n) is 51.7. The van der Waals surface area contributed by atoms with Crippen LogP contribution in [0.3, 0.4) is 0 Å². The monoisotopic (exact) mass is 798 g/mol. The van der Waals surface area contributed by atoms with Crippen molar-refractivity contribution in [3.8, 4) is 39.1 Å². The van der Waals surface area contributed by atoms with Crippen LogP contribution in [-0.4, -0.2) is 4.57 Å². The maximum absolute atomic E-state index is 9.89. The minimum atomic E-state index is -0.921. The van der Waals surface area contributed by atoms with Gasteiger partial charge in [-0.15, -0.1) is 0 Å². The van der Waals surface area contributed by atoms with E-state index in [4.69, 9.17) is 20.9 Å².